The van der Waals surface area contributed by atoms with Crippen LogP contribution in [0.5, 0.6) is 0 Å². The maximum atomic E-state index is 12.4. The van der Waals surface area contributed by atoms with E-state index in [2.05, 4.69) is 5.32 Å². The van der Waals surface area contributed by atoms with Crippen LogP contribution in [-0.2, 0) is 0 Å². The molecule has 0 aromatic heterocycles. The number of hydrogen-bond acceptors (Lipinski definition) is 1. The lowest BCUT2D eigenvalue weighted by atomic mass is 9.97. The Morgan fingerprint density at radius 3 is 2.58 bits per heavy atom. The van der Waals surface area contributed by atoms with E-state index in [1.165, 1.54) is 0 Å². The molecule has 2 aliphatic rings. The molecule has 1 saturated carbocycles. The number of rotatable bonds is 0. The van der Waals surface area contributed by atoms with Gasteiger partial charge in [0.05, 0.1) is 0 Å². The third kappa shape index (κ3) is 1.14. The summed E-state index contributed by atoms with van der Waals surface area (Å²) in [6, 6.07) is 0.0397. The van der Waals surface area contributed by atoms with Gasteiger partial charge in [-0.1, -0.05) is 6.92 Å². The summed E-state index contributed by atoms with van der Waals surface area (Å²) >= 11 is 0. The zero-order chi connectivity index (χ0) is 8.93. The van der Waals surface area contributed by atoms with Crippen LogP contribution in [-0.4, -0.2) is 18.8 Å². The molecule has 68 valence electrons. The Labute approximate surface area is 68.6 Å². The molecule has 0 aromatic rings. The molecule has 4 heteroatoms. The fraction of sp³-hybridized carbons (Fsp3) is 0.750. The van der Waals surface area contributed by atoms with Gasteiger partial charge in [-0.15, -0.1) is 0 Å². The topological polar surface area (TPSA) is 12.0 Å². The molecule has 1 aliphatic heterocycles. The zero-order valence-electron chi connectivity index (χ0n) is 6.70. The van der Waals surface area contributed by atoms with E-state index in [0.717, 1.165) is 0 Å². The summed E-state index contributed by atoms with van der Waals surface area (Å²) in [6.45, 7) is 2.08. The highest BCUT2D eigenvalue weighted by Gasteiger charge is 2.48. The van der Waals surface area contributed by atoms with Crippen molar-refractivity contribution in [1.82, 2.24) is 5.32 Å². The standard InChI is InChI=1S/C8H10F3N/c1-4-3-12-6-2-5(6)7(4)8(9,10)11/h4,6,12H,2-3H2,1H3/t4-,6+/m1/s1. The van der Waals surface area contributed by atoms with Crippen LogP contribution in [0.15, 0.2) is 11.1 Å². The maximum Gasteiger partial charge on any atom is 0.413 e. The second kappa shape index (κ2) is 2.25. The van der Waals surface area contributed by atoms with Crippen LogP contribution < -0.4 is 5.32 Å². The summed E-state index contributed by atoms with van der Waals surface area (Å²) < 4.78 is 37.1. The van der Waals surface area contributed by atoms with E-state index in [1.807, 2.05) is 0 Å². The van der Waals surface area contributed by atoms with Gasteiger partial charge >= 0.3 is 6.18 Å². The van der Waals surface area contributed by atoms with Crippen LogP contribution in [0, 0.1) is 5.92 Å². The minimum atomic E-state index is -4.11. The Balaban J connectivity index is 2.33. The van der Waals surface area contributed by atoms with Crippen LogP contribution in [0.1, 0.15) is 13.3 Å². The van der Waals surface area contributed by atoms with Crippen molar-refractivity contribution < 1.29 is 13.2 Å². The highest BCUT2D eigenvalue weighted by Crippen LogP contribution is 2.45. The normalized spacial score (nSPS) is 35.0. The molecule has 0 amide bonds. The SMILES string of the molecule is C[C@@H]1CN[C@H]2CC2=C1C(F)(F)F. The van der Waals surface area contributed by atoms with Gasteiger partial charge in [-0.25, -0.2) is 0 Å². The predicted molar refractivity (Wildman–Crippen MR) is 38.7 cm³/mol. The average molecular weight is 177 g/mol. The van der Waals surface area contributed by atoms with Crippen LogP contribution in [0.2, 0.25) is 0 Å². The van der Waals surface area contributed by atoms with Crippen molar-refractivity contribution in [3.05, 3.63) is 11.1 Å². The first-order valence-corrected chi connectivity index (χ1v) is 4.03. The van der Waals surface area contributed by atoms with Crippen molar-refractivity contribution >= 4 is 0 Å². The minimum Gasteiger partial charge on any atom is -0.309 e. The van der Waals surface area contributed by atoms with Crippen LogP contribution in [0.3, 0.4) is 0 Å². The molecule has 0 spiro atoms. The van der Waals surface area contributed by atoms with Gasteiger partial charge in [0.2, 0.25) is 0 Å². The molecule has 0 saturated heterocycles. The first-order chi connectivity index (χ1) is 5.50. The number of alkyl halides is 3. The zero-order valence-corrected chi connectivity index (χ0v) is 6.70. The minimum absolute atomic E-state index is 0.0397. The molecule has 2 rings (SSSR count). The van der Waals surface area contributed by atoms with Gasteiger partial charge in [0, 0.05) is 18.2 Å². The maximum absolute atomic E-state index is 12.4. The van der Waals surface area contributed by atoms with E-state index in [9.17, 15) is 13.2 Å². The fourth-order valence-corrected chi connectivity index (χ4v) is 1.85. The number of fused-ring (bicyclic) bond motifs is 1. The first kappa shape index (κ1) is 8.10. The van der Waals surface area contributed by atoms with E-state index in [0.29, 0.717) is 18.5 Å². The van der Waals surface area contributed by atoms with Crippen molar-refractivity contribution in [1.29, 1.82) is 0 Å². The van der Waals surface area contributed by atoms with Gasteiger partial charge in [0.1, 0.15) is 0 Å². The van der Waals surface area contributed by atoms with Gasteiger partial charge < -0.3 is 5.32 Å². The van der Waals surface area contributed by atoms with Crippen LogP contribution in [0.25, 0.3) is 0 Å². The van der Waals surface area contributed by atoms with Crippen LogP contribution >= 0.6 is 0 Å². The van der Waals surface area contributed by atoms with E-state index in [-0.39, 0.29) is 17.5 Å². The predicted octanol–water partition coefficient (Wildman–Crippen LogP) is 1.86. The van der Waals surface area contributed by atoms with E-state index < -0.39 is 6.18 Å². The lowest BCUT2D eigenvalue weighted by molar-refractivity contribution is -0.0993. The van der Waals surface area contributed by atoms with Gasteiger partial charge in [-0.05, 0) is 17.9 Å². The monoisotopic (exact) mass is 177 g/mol. The Bertz CT molecular complexity index is 241. The molecule has 0 unspecified atom stereocenters. The van der Waals surface area contributed by atoms with Crippen molar-refractivity contribution in [3.63, 3.8) is 0 Å². The van der Waals surface area contributed by atoms with Crippen molar-refractivity contribution in [2.75, 3.05) is 6.54 Å². The second-order valence-electron chi connectivity index (χ2n) is 3.50. The summed E-state index contributed by atoms with van der Waals surface area (Å²) in [5, 5.41) is 3.05. The number of nitrogens with one attached hydrogen (secondary N) is 1. The van der Waals surface area contributed by atoms with Gasteiger partial charge in [0.25, 0.3) is 0 Å². The Morgan fingerprint density at radius 2 is 2.08 bits per heavy atom. The summed E-state index contributed by atoms with van der Waals surface area (Å²) in [5.41, 5.74) is 0.313. The second-order valence-corrected chi connectivity index (χ2v) is 3.50. The van der Waals surface area contributed by atoms with Gasteiger partial charge in [-0.3, -0.25) is 0 Å². The highest BCUT2D eigenvalue weighted by molar-refractivity contribution is 5.40. The fourth-order valence-electron chi connectivity index (χ4n) is 1.85. The smallest absolute Gasteiger partial charge is 0.309 e. The van der Waals surface area contributed by atoms with Gasteiger partial charge in [-0.2, -0.15) is 13.2 Å². The van der Waals surface area contributed by atoms with E-state index in [1.54, 1.807) is 6.92 Å². The summed E-state index contributed by atoms with van der Waals surface area (Å²) in [6.07, 6.45) is -3.51. The summed E-state index contributed by atoms with van der Waals surface area (Å²) in [7, 11) is 0. The molecular weight excluding hydrogens is 167 g/mol. The number of hydrogen-bond donors (Lipinski definition) is 1. The highest BCUT2D eigenvalue weighted by atomic mass is 19.4. The molecule has 0 bridgehead atoms. The van der Waals surface area contributed by atoms with E-state index in [4.69, 9.17) is 0 Å². The molecule has 0 aromatic carbocycles. The Morgan fingerprint density at radius 1 is 1.42 bits per heavy atom. The molecule has 1 heterocycles. The van der Waals surface area contributed by atoms with Crippen molar-refractivity contribution in [2.45, 2.75) is 25.6 Å². The quantitative estimate of drug-likeness (QED) is 0.557. The number of halogens is 3. The molecule has 1 nitrogen and oxygen atoms in total. The summed E-state index contributed by atoms with van der Waals surface area (Å²) in [4.78, 5) is 0. The van der Waals surface area contributed by atoms with Gasteiger partial charge in [0.15, 0.2) is 0 Å². The van der Waals surface area contributed by atoms with Crippen molar-refractivity contribution in [3.8, 4) is 0 Å². The molecule has 2 atom stereocenters. The molecular formula is C8H10F3N. The molecule has 12 heavy (non-hydrogen) atoms. The lowest BCUT2D eigenvalue weighted by Crippen LogP contribution is -2.33. The largest absolute Gasteiger partial charge is 0.413 e. The van der Waals surface area contributed by atoms with Crippen molar-refractivity contribution in [2.24, 2.45) is 5.92 Å². The third-order valence-corrected chi connectivity index (χ3v) is 2.50. The first-order valence-electron chi connectivity index (χ1n) is 4.03. The Kier molecular flexibility index (Phi) is 1.52. The lowest BCUT2D eigenvalue weighted by Gasteiger charge is -2.22. The third-order valence-electron chi connectivity index (χ3n) is 2.50. The molecule has 1 aliphatic carbocycles. The molecule has 0 radical (unpaired) electrons. The van der Waals surface area contributed by atoms with E-state index >= 15 is 0 Å². The average Bonchev–Trinajstić information content (AvgIpc) is 2.61. The Hall–Kier alpha value is -0.510. The summed E-state index contributed by atoms with van der Waals surface area (Å²) in [5.74, 6) is -0.376. The molecule has 1 N–H and O–H groups in total. The molecule has 1 fully saturated rings. The van der Waals surface area contributed by atoms with Crippen LogP contribution in [0.4, 0.5) is 13.2 Å².